The molecule has 2 amide bonds. The lowest BCUT2D eigenvalue weighted by atomic mass is 10.3. The van der Waals surface area contributed by atoms with E-state index in [1.807, 2.05) is 48.7 Å². The number of rotatable bonds is 9. The molecule has 3 aromatic rings. The fourth-order valence-electron chi connectivity index (χ4n) is 2.62. The monoisotopic (exact) mass is 430 g/mol. The molecule has 0 fully saturated rings. The largest absolute Gasteiger partial charge is 0.418 e. The summed E-state index contributed by atoms with van der Waals surface area (Å²) in [6.07, 6.45) is 0.841. The average Bonchev–Trinajstić information content (AvgIpc) is 3.38. The van der Waals surface area contributed by atoms with E-state index in [4.69, 9.17) is 4.42 Å². The number of hydrogen-bond acceptors (Lipinski definition) is 7. The molecule has 2 aromatic heterocycles. The standard InChI is InChI=1S/C20H22N4O3S2/c1-3-10-24(12-18-22-23-20(27-18)17-5-4-11-28-17)19(26)13-29-16-8-6-15(7-9-16)21-14(2)25/h4-9,11H,3,10,12-13H2,1-2H3,(H,21,25). The van der Waals surface area contributed by atoms with Crippen molar-refractivity contribution in [2.24, 2.45) is 0 Å². The molecule has 2 heterocycles. The summed E-state index contributed by atoms with van der Waals surface area (Å²) in [5.41, 5.74) is 0.735. The van der Waals surface area contributed by atoms with Gasteiger partial charge >= 0.3 is 0 Å². The lowest BCUT2D eigenvalue weighted by Crippen LogP contribution is -2.32. The molecule has 1 aromatic carbocycles. The second-order valence-electron chi connectivity index (χ2n) is 6.29. The molecule has 29 heavy (non-hydrogen) atoms. The van der Waals surface area contributed by atoms with Gasteiger partial charge < -0.3 is 14.6 Å². The number of benzene rings is 1. The maximum absolute atomic E-state index is 12.7. The first kappa shape index (κ1) is 21.1. The van der Waals surface area contributed by atoms with Gasteiger partial charge in [-0.15, -0.1) is 33.3 Å². The van der Waals surface area contributed by atoms with Crippen LogP contribution in [0.1, 0.15) is 26.2 Å². The normalized spacial score (nSPS) is 10.7. The zero-order chi connectivity index (χ0) is 20.6. The van der Waals surface area contributed by atoms with E-state index in [1.165, 1.54) is 30.0 Å². The molecule has 9 heteroatoms. The number of aromatic nitrogens is 2. The maximum atomic E-state index is 12.7. The highest BCUT2D eigenvalue weighted by Gasteiger charge is 2.18. The second kappa shape index (κ2) is 10.2. The van der Waals surface area contributed by atoms with Crippen LogP contribution < -0.4 is 5.32 Å². The van der Waals surface area contributed by atoms with Crippen LogP contribution in [-0.2, 0) is 16.1 Å². The summed E-state index contributed by atoms with van der Waals surface area (Å²) >= 11 is 2.99. The van der Waals surface area contributed by atoms with E-state index in [-0.39, 0.29) is 11.8 Å². The summed E-state index contributed by atoms with van der Waals surface area (Å²) in [4.78, 5) is 27.4. The van der Waals surface area contributed by atoms with E-state index in [9.17, 15) is 9.59 Å². The second-order valence-corrected chi connectivity index (χ2v) is 8.28. The van der Waals surface area contributed by atoms with Crippen molar-refractivity contribution < 1.29 is 14.0 Å². The maximum Gasteiger partial charge on any atom is 0.257 e. The Kier molecular flexibility index (Phi) is 7.42. The SMILES string of the molecule is CCCN(Cc1nnc(-c2cccs2)o1)C(=O)CSc1ccc(NC(C)=O)cc1. The molecule has 7 nitrogen and oxygen atoms in total. The van der Waals surface area contributed by atoms with Crippen LogP contribution in [0.2, 0.25) is 0 Å². The molecule has 0 aliphatic heterocycles. The van der Waals surface area contributed by atoms with Gasteiger partial charge in [0.25, 0.3) is 5.89 Å². The fraction of sp³-hybridized carbons (Fsp3) is 0.300. The van der Waals surface area contributed by atoms with Crippen LogP contribution in [0, 0.1) is 0 Å². The van der Waals surface area contributed by atoms with Crippen LogP contribution in [0.4, 0.5) is 5.69 Å². The molecule has 3 rings (SSSR count). The smallest absolute Gasteiger partial charge is 0.257 e. The molecular weight excluding hydrogens is 408 g/mol. The first-order valence-corrected chi connectivity index (χ1v) is 11.1. The van der Waals surface area contributed by atoms with Gasteiger partial charge in [0, 0.05) is 24.1 Å². The molecule has 1 N–H and O–H groups in total. The van der Waals surface area contributed by atoms with Gasteiger partial charge in [-0.25, -0.2) is 0 Å². The van der Waals surface area contributed by atoms with Crippen molar-refractivity contribution in [1.29, 1.82) is 0 Å². The number of carbonyl (C=O) groups excluding carboxylic acids is 2. The summed E-state index contributed by atoms with van der Waals surface area (Å²) < 4.78 is 5.72. The van der Waals surface area contributed by atoms with Crippen molar-refractivity contribution in [3.8, 4) is 10.8 Å². The highest BCUT2D eigenvalue weighted by atomic mass is 32.2. The predicted octanol–water partition coefficient (Wildman–Crippen LogP) is 4.29. The molecule has 0 aliphatic rings. The number of anilines is 1. The highest BCUT2D eigenvalue weighted by molar-refractivity contribution is 8.00. The summed E-state index contributed by atoms with van der Waals surface area (Å²) in [5.74, 6) is 1.12. The number of thioether (sulfide) groups is 1. The van der Waals surface area contributed by atoms with Crippen LogP contribution in [0.15, 0.2) is 51.1 Å². The lowest BCUT2D eigenvalue weighted by molar-refractivity contribution is -0.129. The van der Waals surface area contributed by atoms with Gasteiger partial charge in [-0.2, -0.15) is 0 Å². The molecule has 0 saturated carbocycles. The molecule has 0 atom stereocenters. The van der Waals surface area contributed by atoms with E-state index < -0.39 is 0 Å². The predicted molar refractivity (Wildman–Crippen MR) is 115 cm³/mol. The van der Waals surface area contributed by atoms with Gasteiger partial charge in [0.15, 0.2) is 0 Å². The third-order valence-corrected chi connectivity index (χ3v) is 5.76. The average molecular weight is 431 g/mol. The van der Waals surface area contributed by atoms with Crippen molar-refractivity contribution in [3.05, 3.63) is 47.7 Å². The van der Waals surface area contributed by atoms with Crippen LogP contribution in [0.25, 0.3) is 10.8 Å². The van der Waals surface area contributed by atoms with Crippen LogP contribution in [0.5, 0.6) is 0 Å². The minimum Gasteiger partial charge on any atom is -0.418 e. The Morgan fingerprint density at radius 3 is 2.66 bits per heavy atom. The zero-order valence-corrected chi connectivity index (χ0v) is 17.9. The molecule has 0 aliphatic carbocycles. The van der Waals surface area contributed by atoms with E-state index in [0.717, 1.165) is 21.9 Å². The molecule has 0 saturated heterocycles. The molecule has 0 radical (unpaired) electrons. The first-order chi connectivity index (χ1) is 14.0. The number of nitrogens with one attached hydrogen (secondary N) is 1. The topological polar surface area (TPSA) is 88.3 Å². The van der Waals surface area contributed by atoms with Gasteiger partial charge in [0.1, 0.15) is 0 Å². The van der Waals surface area contributed by atoms with Crippen LogP contribution in [-0.4, -0.2) is 39.2 Å². The summed E-state index contributed by atoms with van der Waals surface area (Å²) in [7, 11) is 0. The Bertz CT molecular complexity index is 939. The van der Waals surface area contributed by atoms with Crippen molar-refractivity contribution >= 4 is 40.6 Å². The summed E-state index contributed by atoms with van der Waals surface area (Å²) in [5, 5.41) is 12.8. The lowest BCUT2D eigenvalue weighted by Gasteiger charge is -2.20. The Labute approximate surface area is 177 Å². The molecule has 0 bridgehead atoms. The fourth-order valence-corrected chi connectivity index (χ4v) is 4.06. The molecular formula is C20H22N4O3S2. The van der Waals surface area contributed by atoms with Gasteiger partial charge in [-0.05, 0) is 42.1 Å². The number of carbonyl (C=O) groups is 2. The number of hydrogen-bond donors (Lipinski definition) is 1. The molecule has 0 spiro atoms. The van der Waals surface area contributed by atoms with Gasteiger partial charge in [-0.1, -0.05) is 13.0 Å². The zero-order valence-electron chi connectivity index (χ0n) is 16.3. The minimum absolute atomic E-state index is 0.0126. The van der Waals surface area contributed by atoms with Crippen molar-refractivity contribution in [2.75, 3.05) is 17.6 Å². The van der Waals surface area contributed by atoms with Crippen molar-refractivity contribution in [3.63, 3.8) is 0 Å². The molecule has 152 valence electrons. The number of amides is 2. The number of thiophene rings is 1. The van der Waals surface area contributed by atoms with Gasteiger partial charge in [0.2, 0.25) is 17.7 Å². The Hall–Kier alpha value is -2.65. The van der Waals surface area contributed by atoms with Crippen molar-refractivity contribution in [2.45, 2.75) is 31.7 Å². The summed E-state index contributed by atoms with van der Waals surface area (Å²) in [6, 6.07) is 11.3. The molecule has 0 unspecified atom stereocenters. The minimum atomic E-state index is -0.112. The van der Waals surface area contributed by atoms with Crippen molar-refractivity contribution in [1.82, 2.24) is 15.1 Å². The van der Waals surface area contributed by atoms with E-state index in [1.54, 1.807) is 4.90 Å². The Morgan fingerprint density at radius 2 is 2.00 bits per heavy atom. The number of nitrogens with zero attached hydrogens (tertiary/aromatic N) is 3. The third kappa shape index (κ3) is 6.16. The van der Waals surface area contributed by atoms with Gasteiger partial charge in [0.05, 0.1) is 17.2 Å². The summed E-state index contributed by atoms with van der Waals surface area (Å²) in [6.45, 7) is 4.42. The third-order valence-electron chi connectivity index (χ3n) is 3.91. The highest BCUT2D eigenvalue weighted by Crippen LogP contribution is 2.24. The quantitative estimate of drug-likeness (QED) is 0.510. The van der Waals surface area contributed by atoms with E-state index in [0.29, 0.717) is 30.6 Å². The Morgan fingerprint density at radius 1 is 1.21 bits per heavy atom. The van der Waals surface area contributed by atoms with E-state index >= 15 is 0 Å². The Balaban J connectivity index is 1.57. The van der Waals surface area contributed by atoms with Crippen LogP contribution in [0.3, 0.4) is 0 Å². The van der Waals surface area contributed by atoms with Crippen LogP contribution >= 0.6 is 23.1 Å². The van der Waals surface area contributed by atoms with Gasteiger partial charge in [-0.3, -0.25) is 9.59 Å². The van der Waals surface area contributed by atoms with E-state index in [2.05, 4.69) is 15.5 Å². The first-order valence-electron chi connectivity index (χ1n) is 9.19.